The number of nitrogens with zero attached hydrogens (tertiary/aromatic N) is 9. The van der Waals surface area contributed by atoms with Crippen LogP contribution >= 0.6 is 11.3 Å². The van der Waals surface area contributed by atoms with Crippen molar-refractivity contribution in [3.8, 4) is 33.2 Å². The number of alkyl halides is 1. The van der Waals surface area contributed by atoms with Crippen LogP contribution in [0.5, 0.6) is 11.5 Å². The summed E-state index contributed by atoms with van der Waals surface area (Å²) in [6.07, 6.45) is 9.32. The van der Waals surface area contributed by atoms with Gasteiger partial charge in [-0.25, -0.2) is 19.3 Å². The van der Waals surface area contributed by atoms with E-state index in [1.54, 1.807) is 44.2 Å². The first-order chi connectivity index (χ1) is 36.0. The van der Waals surface area contributed by atoms with E-state index < -0.39 is 47.0 Å². The molecular formula is C55H69FN12O6S. The number of ether oxygens (including phenoxy) is 1. The molecule has 6 N–H and O–H groups in total. The maximum Gasteiger partial charge on any atom is 0.258 e. The van der Waals surface area contributed by atoms with Gasteiger partial charge in [0, 0.05) is 68.2 Å². The molecule has 20 heteroatoms. The smallest absolute Gasteiger partial charge is 0.258 e. The maximum absolute atomic E-state index is 14.7. The van der Waals surface area contributed by atoms with Crippen LogP contribution in [0.2, 0.25) is 0 Å². The summed E-state index contributed by atoms with van der Waals surface area (Å²) < 4.78 is 21.2. The third-order valence-corrected chi connectivity index (χ3v) is 16.7. The van der Waals surface area contributed by atoms with Crippen LogP contribution in [-0.4, -0.2) is 145 Å². The number of rotatable bonds is 17. The number of nitrogen functional groups attached to an aromatic ring is 1. The van der Waals surface area contributed by atoms with Gasteiger partial charge in [-0.3, -0.25) is 14.4 Å². The molecule has 7 heterocycles. The van der Waals surface area contributed by atoms with Gasteiger partial charge in [0.05, 0.1) is 40.2 Å². The summed E-state index contributed by atoms with van der Waals surface area (Å²) in [6, 6.07) is 13.4. The van der Waals surface area contributed by atoms with Gasteiger partial charge in [0.25, 0.3) is 5.91 Å². The molecule has 5 atom stereocenters. The predicted octanol–water partition coefficient (Wildman–Crippen LogP) is 6.16. The molecule has 5 aliphatic rings. The zero-order valence-electron chi connectivity index (χ0n) is 43.3. The number of amides is 3. The van der Waals surface area contributed by atoms with E-state index in [0.717, 1.165) is 105 Å². The Labute approximate surface area is 441 Å². The maximum atomic E-state index is 14.7. The Morgan fingerprint density at radius 1 is 0.960 bits per heavy atom. The summed E-state index contributed by atoms with van der Waals surface area (Å²) in [5, 5.41) is 35.3. The van der Waals surface area contributed by atoms with Crippen LogP contribution < -0.4 is 30.9 Å². The number of piperazine rings is 1. The number of fused-ring (bicyclic) bond motifs is 2. The number of para-hydroxylation sites is 1. The van der Waals surface area contributed by atoms with E-state index in [1.807, 2.05) is 61.2 Å². The van der Waals surface area contributed by atoms with Crippen molar-refractivity contribution < 1.29 is 33.7 Å². The fraction of sp³-hybridized carbons (Fsp3) is 0.527. The van der Waals surface area contributed by atoms with Gasteiger partial charge in [-0.1, -0.05) is 45.0 Å². The number of halogens is 1. The number of anilines is 3. The number of nitrogens with one attached hydrogen (secondary N) is 2. The van der Waals surface area contributed by atoms with Crippen LogP contribution in [0.4, 0.5) is 21.8 Å². The third-order valence-electron chi connectivity index (χ3n) is 15.8. The van der Waals surface area contributed by atoms with Gasteiger partial charge >= 0.3 is 0 Å². The largest absolute Gasteiger partial charge is 0.507 e. The Morgan fingerprint density at radius 3 is 2.37 bits per heavy atom. The Bertz CT molecular complexity index is 2860. The lowest BCUT2D eigenvalue weighted by Gasteiger charge is -2.42. The highest BCUT2D eigenvalue weighted by Gasteiger charge is 2.53. The van der Waals surface area contributed by atoms with Gasteiger partial charge in [0.2, 0.25) is 17.8 Å². The quantitative estimate of drug-likeness (QED) is 0.0657. The SMILES string of the molecule is Cc1ncsc1-c1ccc(CNC(=O)[C@@H]2C[C@@H](O)CN2C(=O)[C@@H](NC(=O)C2(F)CC2)C(C)(C)C)c(OCCCCN2CCC(c3cnc(N4C5CCC4CN(c4cc(-c6ccccc6O)nnc4N)C5)nc3)CC2)c1. The van der Waals surface area contributed by atoms with E-state index in [2.05, 4.69) is 40.5 Å². The molecule has 5 aromatic rings. The number of aryl methyl sites for hydroxylation is 1. The second-order valence-corrected chi connectivity index (χ2v) is 23.0. The van der Waals surface area contributed by atoms with Crippen molar-refractivity contribution in [1.29, 1.82) is 0 Å². The van der Waals surface area contributed by atoms with E-state index in [0.29, 0.717) is 35.3 Å². The number of benzene rings is 2. The number of nitrogens with two attached hydrogens (primary N) is 1. The zero-order chi connectivity index (χ0) is 52.6. The molecule has 1 saturated carbocycles. The Balaban J connectivity index is 0.699. The molecule has 10 rings (SSSR count). The van der Waals surface area contributed by atoms with Gasteiger partial charge in [-0.15, -0.1) is 21.5 Å². The van der Waals surface area contributed by atoms with Crippen LogP contribution in [0, 0.1) is 12.3 Å². The summed E-state index contributed by atoms with van der Waals surface area (Å²) in [6.45, 7) is 12.3. The Hall–Kier alpha value is -6.51. The molecule has 4 saturated heterocycles. The van der Waals surface area contributed by atoms with Crippen LogP contribution in [0.25, 0.3) is 21.7 Å². The highest BCUT2D eigenvalue weighted by Crippen LogP contribution is 2.42. The van der Waals surface area contributed by atoms with E-state index in [1.165, 1.54) is 10.5 Å². The molecule has 1 aliphatic carbocycles. The Morgan fingerprint density at radius 2 is 1.69 bits per heavy atom. The number of aliphatic hydroxyl groups excluding tert-OH is 1. The van der Waals surface area contributed by atoms with Crippen LogP contribution in [0.1, 0.15) is 101 Å². The minimum Gasteiger partial charge on any atom is -0.507 e. The number of carbonyl (C=O) groups is 3. The number of aromatic hydroxyl groups is 1. The van der Waals surface area contributed by atoms with Crippen molar-refractivity contribution >= 4 is 46.5 Å². The van der Waals surface area contributed by atoms with Gasteiger partial charge in [0.15, 0.2) is 11.5 Å². The van der Waals surface area contributed by atoms with Crippen LogP contribution in [0.15, 0.2) is 66.4 Å². The first-order valence-electron chi connectivity index (χ1n) is 26.4. The number of aliphatic hydroxyl groups is 1. The average Bonchev–Trinajstić information content (AvgIpc) is 3.68. The lowest BCUT2D eigenvalue weighted by atomic mass is 9.85. The first-order valence-corrected chi connectivity index (χ1v) is 27.3. The molecule has 3 amide bonds. The molecule has 2 aromatic carbocycles. The monoisotopic (exact) mass is 1040 g/mol. The molecule has 18 nitrogen and oxygen atoms in total. The van der Waals surface area contributed by atoms with Gasteiger partial charge in [-0.05, 0) is 125 Å². The number of hydrogen-bond acceptors (Lipinski definition) is 16. The molecule has 5 fully saturated rings. The van der Waals surface area contributed by atoms with Gasteiger partial charge < -0.3 is 50.9 Å². The summed E-state index contributed by atoms with van der Waals surface area (Å²) in [5.41, 5.74) is 11.3. The second-order valence-electron chi connectivity index (χ2n) is 22.1. The molecule has 2 unspecified atom stereocenters. The predicted molar refractivity (Wildman–Crippen MR) is 285 cm³/mol. The van der Waals surface area contributed by atoms with E-state index in [-0.39, 0.29) is 50.2 Å². The average molecular weight is 1050 g/mol. The lowest BCUT2D eigenvalue weighted by Crippen LogP contribution is -2.59. The van der Waals surface area contributed by atoms with Crippen molar-refractivity contribution in [3.63, 3.8) is 0 Å². The fourth-order valence-electron chi connectivity index (χ4n) is 11.3. The number of unbranched alkanes of at least 4 members (excludes halogenated alkanes) is 1. The molecular weight excluding hydrogens is 976 g/mol. The lowest BCUT2D eigenvalue weighted by molar-refractivity contribution is -0.145. The summed E-state index contributed by atoms with van der Waals surface area (Å²) in [5.74, 6) is 0.558. The third kappa shape index (κ3) is 11.4. The molecule has 398 valence electrons. The minimum atomic E-state index is -1.97. The molecule has 4 aliphatic heterocycles. The van der Waals surface area contributed by atoms with Crippen molar-refractivity contribution in [3.05, 3.63) is 83.3 Å². The standard InChI is InChI=1S/C55H69FN12O6S/c1-33-47(75-32-61-33)35-11-12-36(26-58-50(71)44-24-40(69)31-67(44)51(72)48(54(2,3)4)62-52(73)55(56)17-18-55)46(23-35)74-22-8-7-19-65-20-15-34(16-21-65)37-27-59-53(60-28-37)68-38-13-14-39(68)30-66(29-38)43-25-42(63-64-49(43)57)41-9-5-6-10-45(41)70/h5-6,9-12,23,25,27-28,32,34,38-40,44,48,69-70H,7-8,13-22,24,26,29-31H2,1-4H3,(H2,57,64)(H,58,71)(H,62,73)/t38?,39?,40-,44+,48-/m1/s1. The highest BCUT2D eigenvalue weighted by atomic mass is 32.1. The number of aromatic nitrogens is 5. The molecule has 0 radical (unpaired) electrons. The number of phenolic OH excluding ortho intramolecular Hbond substituents is 1. The number of β-amino-alcohol motifs (C(OH)–C–C–N with tert-alkyl or cyclic N) is 1. The number of carbonyl (C=O) groups excluding carboxylic acids is 3. The fourth-order valence-corrected chi connectivity index (χ4v) is 12.1. The second kappa shape index (κ2) is 21.6. The van der Waals surface area contributed by atoms with Crippen molar-refractivity contribution in [1.82, 2.24) is 45.6 Å². The molecule has 2 bridgehead atoms. The summed E-state index contributed by atoms with van der Waals surface area (Å²) in [7, 11) is 0. The van der Waals surface area contributed by atoms with E-state index in [4.69, 9.17) is 20.4 Å². The van der Waals surface area contributed by atoms with Gasteiger partial charge in [0.1, 0.15) is 23.6 Å². The topological polar surface area (TPSA) is 228 Å². The Kier molecular flexibility index (Phi) is 15.0. The van der Waals surface area contributed by atoms with E-state index >= 15 is 0 Å². The zero-order valence-corrected chi connectivity index (χ0v) is 44.1. The number of phenols is 1. The molecule has 0 spiro atoms. The summed E-state index contributed by atoms with van der Waals surface area (Å²) in [4.78, 5) is 64.5. The molecule has 3 aromatic heterocycles. The highest BCUT2D eigenvalue weighted by molar-refractivity contribution is 7.13. The molecule has 75 heavy (non-hydrogen) atoms. The minimum absolute atomic E-state index is 0.0393. The number of piperidine rings is 1. The first kappa shape index (κ1) is 52.0. The number of hydrogen-bond donors (Lipinski definition) is 5. The van der Waals surface area contributed by atoms with Crippen LogP contribution in [-0.2, 0) is 20.9 Å². The van der Waals surface area contributed by atoms with Crippen molar-refractivity contribution in [2.24, 2.45) is 5.41 Å². The van der Waals surface area contributed by atoms with Crippen molar-refractivity contribution in [2.75, 3.05) is 61.4 Å². The summed E-state index contributed by atoms with van der Waals surface area (Å²) >= 11 is 1.55. The van der Waals surface area contributed by atoms with Gasteiger partial charge in [-0.2, -0.15) is 0 Å². The van der Waals surface area contributed by atoms with E-state index in [9.17, 15) is 29.0 Å². The normalized spacial score (nSPS) is 22.0. The number of likely N-dealkylation sites (tertiary alicyclic amines) is 2. The van der Waals surface area contributed by atoms with Crippen molar-refractivity contribution in [2.45, 2.75) is 134 Å². The van der Waals surface area contributed by atoms with Crippen LogP contribution in [0.3, 0.4) is 0 Å². The number of thiazole rings is 1.